The van der Waals surface area contributed by atoms with Gasteiger partial charge in [-0.15, -0.1) is 0 Å². The van der Waals surface area contributed by atoms with Gasteiger partial charge in [-0.1, -0.05) is 0 Å². The zero-order valence-corrected chi connectivity index (χ0v) is 19.1. The molecule has 0 bridgehead atoms. The first-order valence-electron chi connectivity index (χ1n) is 11.5. The molecule has 1 aromatic carbocycles. The normalized spacial score (nSPS) is 20.0. The summed E-state index contributed by atoms with van der Waals surface area (Å²) in [5.41, 5.74) is -1.96. The Hall–Kier alpha value is -3.50. The minimum atomic E-state index is -4.79. The minimum Gasteiger partial charge on any atom is -0.370 e. The maximum atomic E-state index is 13.8. The zero-order chi connectivity index (χ0) is 25.6. The molecule has 4 heterocycles. The Morgan fingerprint density at radius 2 is 1.86 bits per heavy atom. The zero-order valence-electron chi connectivity index (χ0n) is 19.1. The summed E-state index contributed by atoms with van der Waals surface area (Å²) in [4.78, 5) is 27.3. The monoisotopic (exact) mass is 506 g/mol. The van der Waals surface area contributed by atoms with Crippen molar-refractivity contribution in [3.63, 3.8) is 0 Å². The number of piperidine rings is 1. The molecule has 2 aromatic rings. The topological polar surface area (TPSA) is 94.7 Å². The first kappa shape index (κ1) is 24.2. The lowest BCUT2D eigenvalue weighted by Gasteiger charge is -2.44. The number of hydrogen-bond donors (Lipinski definition) is 0. The van der Waals surface area contributed by atoms with Gasteiger partial charge >= 0.3 is 6.18 Å². The van der Waals surface area contributed by atoms with Crippen molar-refractivity contribution in [1.29, 1.82) is 5.26 Å². The Labute approximate surface area is 203 Å². The molecule has 0 N–H and O–H groups in total. The van der Waals surface area contributed by atoms with Crippen LogP contribution >= 0.6 is 0 Å². The van der Waals surface area contributed by atoms with E-state index in [1.807, 2.05) is 5.01 Å². The Morgan fingerprint density at radius 3 is 2.53 bits per heavy atom. The fourth-order valence-corrected chi connectivity index (χ4v) is 5.08. The highest BCUT2D eigenvalue weighted by Gasteiger charge is 2.44. The van der Waals surface area contributed by atoms with Crippen molar-refractivity contribution in [2.75, 3.05) is 39.4 Å². The van der Waals surface area contributed by atoms with Crippen molar-refractivity contribution in [2.24, 2.45) is 0 Å². The quantitative estimate of drug-likeness (QED) is 0.593. The fourth-order valence-electron chi connectivity index (χ4n) is 5.08. The van der Waals surface area contributed by atoms with Gasteiger partial charge in [0.15, 0.2) is 5.69 Å². The first-order chi connectivity index (χ1) is 17.2. The Bertz CT molecular complexity index is 1250. The number of alkyl halides is 3. The molecule has 1 aromatic heterocycles. The number of aromatic nitrogens is 2. The van der Waals surface area contributed by atoms with Gasteiger partial charge in [-0.25, -0.2) is 14.1 Å². The lowest BCUT2D eigenvalue weighted by atomic mass is 9.97. The summed E-state index contributed by atoms with van der Waals surface area (Å²) in [7, 11) is 0. The van der Waals surface area contributed by atoms with Crippen LogP contribution in [0.2, 0.25) is 0 Å². The number of morpholine rings is 1. The van der Waals surface area contributed by atoms with Crippen molar-refractivity contribution < 1.29 is 31.9 Å². The summed E-state index contributed by atoms with van der Waals surface area (Å²) < 4.78 is 61.2. The van der Waals surface area contributed by atoms with Gasteiger partial charge < -0.3 is 9.64 Å². The van der Waals surface area contributed by atoms with E-state index in [-0.39, 0.29) is 54.0 Å². The molecule has 0 unspecified atom stereocenters. The van der Waals surface area contributed by atoms with E-state index in [9.17, 15) is 27.2 Å². The second kappa shape index (κ2) is 9.18. The number of ether oxygens (including phenoxy) is 1. The number of hydrazine groups is 1. The van der Waals surface area contributed by atoms with E-state index in [0.29, 0.717) is 39.1 Å². The number of rotatable bonds is 3. The van der Waals surface area contributed by atoms with Gasteiger partial charge in [0, 0.05) is 31.2 Å². The molecule has 36 heavy (non-hydrogen) atoms. The molecule has 2 saturated heterocycles. The van der Waals surface area contributed by atoms with Gasteiger partial charge in [-0.05, 0) is 37.5 Å². The number of carbonyl (C=O) groups is 2. The van der Waals surface area contributed by atoms with Gasteiger partial charge in [0.1, 0.15) is 24.2 Å². The van der Waals surface area contributed by atoms with Crippen molar-refractivity contribution in [2.45, 2.75) is 31.5 Å². The molecular weight excluding hydrogens is 484 g/mol. The van der Waals surface area contributed by atoms with Crippen LogP contribution in [0, 0.1) is 17.1 Å². The number of fused-ring (bicyclic) bond motifs is 1. The second-order valence-electron chi connectivity index (χ2n) is 8.86. The molecule has 3 aliphatic heterocycles. The van der Waals surface area contributed by atoms with Crippen LogP contribution in [0.5, 0.6) is 0 Å². The second-order valence-corrected chi connectivity index (χ2v) is 8.86. The van der Waals surface area contributed by atoms with Crippen LogP contribution in [-0.4, -0.2) is 81.9 Å². The molecule has 0 saturated carbocycles. The Morgan fingerprint density at radius 1 is 1.11 bits per heavy atom. The average molecular weight is 506 g/mol. The molecule has 3 aliphatic rings. The molecule has 0 spiro atoms. The summed E-state index contributed by atoms with van der Waals surface area (Å²) in [6, 6.07) is 4.66. The van der Waals surface area contributed by atoms with Crippen LogP contribution in [0.25, 0.3) is 5.69 Å². The standard InChI is InChI=1S/C23H22F4N6O3/c24-18-2-1-16(11-14(18)12-28)33-20-17(21(29-33)23(25,26)27)5-8-31(22(20)35)15-3-6-30(7-4-15)32-9-10-36-13-19(32)34/h1-2,11,15H,3-10,13H2. The number of nitriles is 1. The van der Waals surface area contributed by atoms with Crippen molar-refractivity contribution >= 4 is 11.8 Å². The SMILES string of the molecule is N#Cc1cc(-n2nc(C(F)(F)F)c3c2C(=O)N(C2CCN(N4CCOCC4=O)CC2)CC3)ccc1F. The highest BCUT2D eigenvalue weighted by atomic mass is 19.4. The van der Waals surface area contributed by atoms with Crippen LogP contribution in [0.1, 0.15) is 40.2 Å². The van der Waals surface area contributed by atoms with E-state index in [4.69, 9.17) is 10.00 Å². The predicted octanol–water partition coefficient (Wildman–Crippen LogP) is 2.14. The maximum absolute atomic E-state index is 13.8. The first-order valence-corrected chi connectivity index (χ1v) is 11.5. The highest BCUT2D eigenvalue weighted by molar-refractivity contribution is 5.96. The smallest absolute Gasteiger partial charge is 0.370 e. The number of benzene rings is 1. The molecule has 190 valence electrons. The molecule has 0 radical (unpaired) electrons. The Kier molecular flexibility index (Phi) is 6.17. The molecule has 2 fully saturated rings. The summed E-state index contributed by atoms with van der Waals surface area (Å²) in [5.74, 6) is -1.54. The summed E-state index contributed by atoms with van der Waals surface area (Å²) in [6.07, 6.45) is -3.74. The molecule has 9 nitrogen and oxygen atoms in total. The number of nitrogens with zero attached hydrogens (tertiary/aromatic N) is 6. The van der Waals surface area contributed by atoms with Gasteiger partial charge in [0.05, 0.1) is 24.4 Å². The van der Waals surface area contributed by atoms with Gasteiger partial charge in [-0.2, -0.15) is 23.5 Å². The molecule has 13 heteroatoms. The third-order valence-electron chi connectivity index (χ3n) is 6.82. The maximum Gasteiger partial charge on any atom is 0.435 e. The average Bonchev–Trinajstić information content (AvgIpc) is 3.26. The van der Waals surface area contributed by atoms with E-state index in [1.165, 1.54) is 6.07 Å². The van der Waals surface area contributed by atoms with Crippen LogP contribution in [0.15, 0.2) is 18.2 Å². The summed E-state index contributed by atoms with van der Waals surface area (Å²) >= 11 is 0. The van der Waals surface area contributed by atoms with Crippen molar-refractivity contribution in [3.05, 3.63) is 46.5 Å². The van der Waals surface area contributed by atoms with E-state index >= 15 is 0 Å². The third kappa shape index (κ3) is 4.20. The van der Waals surface area contributed by atoms with E-state index in [1.54, 1.807) is 16.0 Å². The van der Waals surface area contributed by atoms with E-state index < -0.39 is 23.6 Å². The Balaban J connectivity index is 1.43. The lowest BCUT2D eigenvalue weighted by molar-refractivity contribution is -0.168. The number of halogens is 4. The highest BCUT2D eigenvalue weighted by Crippen LogP contribution is 2.37. The summed E-state index contributed by atoms with van der Waals surface area (Å²) in [6.45, 7) is 2.07. The molecular formula is C23H22F4N6O3. The predicted molar refractivity (Wildman–Crippen MR) is 115 cm³/mol. The van der Waals surface area contributed by atoms with Crippen molar-refractivity contribution in [1.82, 2.24) is 24.7 Å². The number of amides is 2. The van der Waals surface area contributed by atoms with Gasteiger partial charge in [-0.3, -0.25) is 14.6 Å². The van der Waals surface area contributed by atoms with Gasteiger partial charge in [0.2, 0.25) is 0 Å². The van der Waals surface area contributed by atoms with Gasteiger partial charge in [0.25, 0.3) is 11.8 Å². The number of carbonyl (C=O) groups excluding carboxylic acids is 2. The lowest BCUT2D eigenvalue weighted by Crippen LogP contribution is -2.57. The van der Waals surface area contributed by atoms with Crippen molar-refractivity contribution in [3.8, 4) is 11.8 Å². The molecule has 5 rings (SSSR count). The third-order valence-corrected chi connectivity index (χ3v) is 6.82. The molecule has 0 atom stereocenters. The van der Waals surface area contributed by atoms with Crippen LogP contribution < -0.4 is 0 Å². The fraction of sp³-hybridized carbons (Fsp3) is 0.478. The summed E-state index contributed by atoms with van der Waals surface area (Å²) in [5, 5.41) is 16.4. The minimum absolute atomic E-state index is 0.00412. The molecule has 2 amide bonds. The van der Waals surface area contributed by atoms with Crippen LogP contribution in [-0.2, 0) is 22.1 Å². The van der Waals surface area contributed by atoms with Crippen LogP contribution in [0.4, 0.5) is 17.6 Å². The van der Waals surface area contributed by atoms with Crippen LogP contribution in [0.3, 0.4) is 0 Å². The van der Waals surface area contributed by atoms with E-state index in [0.717, 1.165) is 16.8 Å². The largest absolute Gasteiger partial charge is 0.435 e. The molecule has 0 aliphatic carbocycles. The number of hydrogen-bond acceptors (Lipinski definition) is 6. The van der Waals surface area contributed by atoms with E-state index in [2.05, 4.69) is 5.10 Å².